The van der Waals surface area contributed by atoms with Crippen LogP contribution in [0, 0.1) is 5.92 Å². The number of aromatic amines is 2. The molecule has 0 saturated carbocycles. The Morgan fingerprint density at radius 2 is 0.928 bits per heavy atom. The van der Waals surface area contributed by atoms with Crippen molar-refractivity contribution in [2.75, 3.05) is 13.1 Å². The van der Waals surface area contributed by atoms with Gasteiger partial charge in [-0.25, -0.2) is 0 Å². The van der Waals surface area contributed by atoms with Crippen molar-refractivity contribution in [3.8, 4) is 5.75 Å². The Labute approximate surface area is 559 Å². The maximum Gasteiger partial charge on any atom is 0.305 e. The van der Waals surface area contributed by atoms with E-state index >= 15 is 14.4 Å². The van der Waals surface area contributed by atoms with Crippen LogP contribution in [-0.4, -0.2) is 170 Å². The van der Waals surface area contributed by atoms with E-state index in [2.05, 4.69) is 57.8 Å². The fourth-order valence-electron chi connectivity index (χ4n) is 12.2. The van der Waals surface area contributed by atoms with E-state index in [1.165, 1.54) is 17.0 Å². The molecular weight excluding hydrogens is 1250 g/mol. The number of fused-ring (bicyclic) bond motifs is 3. The highest BCUT2D eigenvalue weighted by atomic mass is 16.4. The molecule has 97 heavy (non-hydrogen) atoms. The van der Waals surface area contributed by atoms with Gasteiger partial charge in [-0.1, -0.05) is 106 Å². The number of carboxylic acids is 1. The number of rotatable bonds is 19. The van der Waals surface area contributed by atoms with Gasteiger partial charge in [0.25, 0.3) is 0 Å². The zero-order valence-electron chi connectivity index (χ0n) is 54.3. The molecule has 6 aromatic rings. The lowest BCUT2D eigenvalue weighted by Gasteiger charge is -2.31. The molecule has 10 atom stereocenters. The van der Waals surface area contributed by atoms with E-state index in [1.54, 1.807) is 110 Å². The van der Waals surface area contributed by atoms with E-state index in [0.717, 1.165) is 0 Å². The molecule has 2 aliphatic rings. The van der Waals surface area contributed by atoms with Crippen LogP contribution in [0.15, 0.2) is 116 Å². The maximum atomic E-state index is 15.3. The lowest BCUT2D eigenvalue weighted by Crippen LogP contribution is -2.62. The van der Waals surface area contributed by atoms with Gasteiger partial charge in [0.15, 0.2) is 0 Å². The molecule has 1 unspecified atom stereocenters. The van der Waals surface area contributed by atoms with Crippen molar-refractivity contribution in [3.05, 3.63) is 138 Å². The molecule has 0 radical (unpaired) electrons. The van der Waals surface area contributed by atoms with Crippen molar-refractivity contribution in [1.29, 1.82) is 0 Å². The molecule has 11 amide bonds. The number of hydrogen-bond donors (Lipinski definition) is 15. The van der Waals surface area contributed by atoms with Crippen LogP contribution in [0.3, 0.4) is 0 Å². The molecule has 4 heterocycles. The minimum atomic E-state index is -2.01. The van der Waals surface area contributed by atoms with Gasteiger partial charge < -0.3 is 84.4 Å². The third kappa shape index (κ3) is 20.0. The largest absolute Gasteiger partial charge is 0.508 e. The van der Waals surface area contributed by atoms with E-state index < -0.39 is 144 Å². The average Bonchev–Trinajstić information content (AvgIpc) is 1.75. The number of aromatic nitrogens is 2. The van der Waals surface area contributed by atoms with Gasteiger partial charge in [-0.15, -0.1) is 0 Å². The van der Waals surface area contributed by atoms with Gasteiger partial charge in [0.2, 0.25) is 65.0 Å². The number of carboxylic acid groups (broad SMARTS) is 1. The van der Waals surface area contributed by atoms with Crippen LogP contribution < -0.4 is 59.3 Å². The van der Waals surface area contributed by atoms with E-state index in [1.807, 2.05) is 13.8 Å². The number of para-hydroxylation sites is 2. The minimum Gasteiger partial charge on any atom is -0.508 e. The molecule has 4 aromatic carbocycles. The number of primary amides is 1. The van der Waals surface area contributed by atoms with Gasteiger partial charge in [-0.05, 0) is 97.5 Å². The molecule has 0 bridgehead atoms. The van der Waals surface area contributed by atoms with Crippen molar-refractivity contribution in [2.24, 2.45) is 17.4 Å². The number of aromatic hydroxyl groups is 1. The normalized spacial score (nSPS) is 23.4. The number of hydrogen-bond acceptors (Lipinski definition) is 14. The van der Waals surface area contributed by atoms with E-state index in [9.17, 15) is 53.4 Å². The van der Waals surface area contributed by atoms with Crippen LogP contribution >= 0.6 is 0 Å². The number of nitrogens with zero attached hydrogens (tertiary/aromatic N) is 1. The first kappa shape index (κ1) is 72.2. The molecule has 516 valence electrons. The van der Waals surface area contributed by atoms with Gasteiger partial charge >= 0.3 is 5.97 Å². The first-order valence-electron chi connectivity index (χ1n) is 32.6. The second-order valence-electron chi connectivity index (χ2n) is 25.0. The molecule has 0 spiro atoms. The Morgan fingerprint density at radius 3 is 1.45 bits per heavy atom. The molecule has 2 aromatic heterocycles. The fourth-order valence-corrected chi connectivity index (χ4v) is 12.2. The lowest BCUT2D eigenvalue weighted by molar-refractivity contribution is -0.142. The molecule has 17 N–H and O–H groups in total. The Kier molecular flexibility index (Phi) is 25.4. The number of amides is 11. The number of carbonyl (C=O) groups is 12. The summed E-state index contributed by atoms with van der Waals surface area (Å²) in [6.07, 6.45) is 1.21. The third-order valence-corrected chi connectivity index (χ3v) is 17.1. The molecule has 28 heteroatoms. The highest BCUT2D eigenvalue weighted by molar-refractivity contribution is 6.01. The van der Waals surface area contributed by atoms with Crippen LogP contribution in [0.25, 0.3) is 21.8 Å². The zero-order chi connectivity index (χ0) is 69.9. The summed E-state index contributed by atoms with van der Waals surface area (Å²) in [5.41, 5.74) is 15.0. The van der Waals surface area contributed by atoms with Gasteiger partial charge in [0.1, 0.15) is 66.2 Å². The number of carbonyl (C=O) groups excluding carboxylic acids is 11. The summed E-state index contributed by atoms with van der Waals surface area (Å²) in [5.74, 6) is -12.4. The summed E-state index contributed by atoms with van der Waals surface area (Å²) >= 11 is 0. The molecular formula is C69H86N14O14. The summed E-state index contributed by atoms with van der Waals surface area (Å²) < 4.78 is 0. The Bertz CT molecular complexity index is 3820. The molecule has 2 aliphatic heterocycles. The number of H-pyrrole nitrogens is 2. The molecule has 2 saturated heterocycles. The zero-order valence-corrected chi connectivity index (χ0v) is 54.3. The Hall–Kier alpha value is -10.6. The predicted octanol–water partition coefficient (Wildman–Crippen LogP) is 0.928. The van der Waals surface area contributed by atoms with Gasteiger partial charge in [0, 0.05) is 66.4 Å². The second-order valence-corrected chi connectivity index (χ2v) is 25.0. The highest BCUT2D eigenvalue weighted by Crippen LogP contribution is 2.25. The topological polar surface area (TPSA) is 440 Å². The second kappa shape index (κ2) is 34.2. The lowest BCUT2D eigenvalue weighted by atomic mass is 9.99. The summed E-state index contributed by atoms with van der Waals surface area (Å²) in [4.78, 5) is 182. The smallest absolute Gasteiger partial charge is 0.305 e. The number of phenols is 1. The van der Waals surface area contributed by atoms with Crippen molar-refractivity contribution in [1.82, 2.24) is 62.7 Å². The third-order valence-electron chi connectivity index (χ3n) is 17.1. The van der Waals surface area contributed by atoms with Crippen molar-refractivity contribution in [2.45, 2.75) is 165 Å². The Morgan fingerprint density at radius 1 is 0.505 bits per heavy atom. The van der Waals surface area contributed by atoms with Gasteiger partial charge in [-0.2, -0.15) is 0 Å². The molecule has 8 rings (SSSR count). The van der Waals surface area contributed by atoms with Crippen LogP contribution in [0.2, 0.25) is 0 Å². The average molecular weight is 1340 g/mol. The first-order chi connectivity index (χ1) is 46.5. The highest BCUT2D eigenvalue weighted by Gasteiger charge is 2.42. The summed E-state index contributed by atoms with van der Waals surface area (Å²) in [5, 5.41) is 45.8. The van der Waals surface area contributed by atoms with E-state index in [0.29, 0.717) is 56.9 Å². The number of nitrogens with two attached hydrogens (primary N) is 2. The van der Waals surface area contributed by atoms with Crippen LogP contribution in [0.5, 0.6) is 5.75 Å². The summed E-state index contributed by atoms with van der Waals surface area (Å²) in [7, 11) is 0. The number of phenolic OH excluding ortho intramolecular Hbond substituents is 1. The van der Waals surface area contributed by atoms with Gasteiger partial charge in [-0.3, -0.25) is 57.5 Å². The van der Waals surface area contributed by atoms with Crippen LogP contribution in [0.1, 0.15) is 101 Å². The SMILES string of the molecule is CCC[C@@H]1NC(=O)[C@H](Cc2c[nH]c3ccccc23)NC(=O)[C@H](CC(=O)O)NC(=O)[C@H](CC(N)=O)NC(=O)C(Cc2ccccc2)NC(=O)[C@H](Cc2c[nH]c3ccccc23)NC(=O)[C@@H]2CCCN2C(=O)[C@H](Cc2ccc(O)cc2)NC(=O)[C@H](CC(C)C)NC(=O)[C@@H](CCCN)NC1=O. The van der Waals surface area contributed by atoms with Crippen molar-refractivity contribution in [3.63, 3.8) is 0 Å². The maximum absolute atomic E-state index is 15.3. The minimum absolute atomic E-state index is 0.0168. The van der Waals surface area contributed by atoms with Crippen molar-refractivity contribution < 1.29 is 67.7 Å². The summed E-state index contributed by atoms with van der Waals surface area (Å²) in [6, 6.07) is 13.1. The first-order valence-corrected chi connectivity index (χ1v) is 32.6. The van der Waals surface area contributed by atoms with E-state index in [4.69, 9.17) is 11.5 Å². The summed E-state index contributed by atoms with van der Waals surface area (Å²) in [6.45, 7) is 5.45. The predicted molar refractivity (Wildman–Crippen MR) is 357 cm³/mol. The van der Waals surface area contributed by atoms with Crippen LogP contribution in [0.4, 0.5) is 0 Å². The standard InChI is InChI=1S/C69H86N14O14/c1-4-14-48-60(88)75-49(21-12-27-70)61(89)76-50(29-38(2)3)62(90)82-56(31-40-23-25-43(84)26-24-40)69(97)83-28-13-22-57(83)68(96)81-53(33-42-37-73-47-20-11-9-18-45(42)47)65(93)77-51(30-39-15-6-5-7-16-39)63(91)79-54(34-58(71)85)66(94)80-55(35-59(86)87)67(95)78-52(64(92)74-48)32-41-36-72-46-19-10-8-17-44(41)46/h5-11,15-20,23-26,36-38,48-57,72-73,84H,4,12-14,21-22,27-35,70H2,1-3H3,(H2,71,85)(H,74,92)(H,75,88)(H,76,89)(H,77,93)(H,78,95)(H,79,91)(H,80,94)(H,81,96)(H,82,90)(H,86,87)/t48-,49+,50-,51?,52-,53-,54-,55-,56-,57-/m0/s1. The van der Waals surface area contributed by atoms with E-state index in [-0.39, 0.29) is 82.5 Å². The molecule has 2 fully saturated rings. The quantitative estimate of drug-likeness (QED) is 0.0536. The van der Waals surface area contributed by atoms with Crippen LogP contribution in [-0.2, 0) is 83.2 Å². The monoisotopic (exact) mass is 1330 g/mol. The number of aliphatic carboxylic acids is 1. The van der Waals surface area contributed by atoms with Gasteiger partial charge in [0.05, 0.1) is 12.8 Å². The van der Waals surface area contributed by atoms with Crippen molar-refractivity contribution >= 4 is 92.8 Å². The molecule has 28 nitrogen and oxygen atoms in total. The number of nitrogens with one attached hydrogen (secondary N) is 11. The fraction of sp³-hybridized carbons (Fsp3) is 0.420. The molecule has 0 aliphatic carbocycles. The Balaban J connectivity index is 1.21. The number of benzene rings is 4.